The van der Waals surface area contributed by atoms with E-state index in [1.54, 1.807) is 11.9 Å². The Kier molecular flexibility index (Phi) is 2.79. The van der Waals surface area contributed by atoms with Crippen molar-refractivity contribution in [1.29, 1.82) is 0 Å². The first-order valence-corrected chi connectivity index (χ1v) is 5.90. The number of hydrogen-bond donors (Lipinski definition) is 0. The Balaban J connectivity index is 2.48. The standard InChI is InChI=1S/C11H12ClNOS/c1-11(2)10-8(12)4-3-5-9(10)15-13(11)6-7-14/h3-5,7H,6H2,1-2H3. The maximum Gasteiger partial charge on any atom is 0.134 e. The van der Waals surface area contributed by atoms with Crippen molar-refractivity contribution in [2.75, 3.05) is 6.54 Å². The van der Waals surface area contributed by atoms with Crippen LogP contribution in [0.1, 0.15) is 19.4 Å². The zero-order valence-electron chi connectivity index (χ0n) is 8.66. The zero-order chi connectivity index (χ0) is 11.1. The summed E-state index contributed by atoms with van der Waals surface area (Å²) >= 11 is 7.79. The summed E-state index contributed by atoms with van der Waals surface area (Å²) in [5.41, 5.74) is 0.942. The number of hydrogen-bond acceptors (Lipinski definition) is 3. The van der Waals surface area contributed by atoms with Gasteiger partial charge in [-0.2, -0.15) is 0 Å². The summed E-state index contributed by atoms with van der Waals surface area (Å²) in [7, 11) is 0. The van der Waals surface area contributed by atoms with Crippen LogP contribution in [0, 0.1) is 0 Å². The Bertz CT molecular complexity index is 406. The summed E-state index contributed by atoms with van der Waals surface area (Å²) in [6.45, 7) is 4.59. The summed E-state index contributed by atoms with van der Waals surface area (Å²) in [4.78, 5) is 11.7. The van der Waals surface area contributed by atoms with Crippen LogP contribution in [0.25, 0.3) is 0 Å². The van der Waals surface area contributed by atoms with E-state index in [4.69, 9.17) is 11.6 Å². The minimum Gasteiger partial charge on any atom is -0.302 e. The number of nitrogens with zero attached hydrogens (tertiary/aromatic N) is 1. The molecule has 1 aromatic carbocycles. The van der Waals surface area contributed by atoms with Crippen LogP contribution in [0.2, 0.25) is 5.02 Å². The molecule has 0 aromatic heterocycles. The van der Waals surface area contributed by atoms with Crippen LogP contribution < -0.4 is 0 Å². The van der Waals surface area contributed by atoms with E-state index >= 15 is 0 Å². The van der Waals surface area contributed by atoms with Crippen LogP contribution in [0.15, 0.2) is 23.1 Å². The molecular formula is C11H12ClNOS. The van der Waals surface area contributed by atoms with Gasteiger partial charge in [0, 0.05) is 15.5 Å². The number of carbonyl (C=O) groups is 1. The lowest BCUT2D eigenvalue weighted by atomic mass is 9.94. The van der Waals surface area contributed by atoms with E-state index in [1.165, 1.54) is 0 Å². The van der Waals surface area contributed by atoms with Gasteiger partial charge in [-0.15, -0.1) is 0 Å². The molecule has 0 radical (unpaired) electrons. The Hall–Kier alpha value is -0.510. The van der Waals surface area contributed by atoms with E-state index in [1.807, 2.05) is 18.2 Å². The first-order valence-electron chi connectivity index (χ1n) is 4.75. The van der Waals surface area contributed by atoms with Crippen molar-refractivity contribution >= 4 is 29.8 Å². The third kappa shape index (κ3) is 1.69. The van der Waals surface area contributed by atoms with E-state index in [0.29, 0.717) is 6.54 Å². The molecule has 80 valence electrons. The fourth-order valence-electron chi connectivity index (χ4n) is 1.86. The quantitative estimate of drug-likeness (QED) is 0.586. The Morgan fingerprint density at radius 1 is 1.53 bits per heavy atom. The van der Waals surface area contributed by atoms with E-state index in [0.717, 1.165) is 21.8 Å². The molecule has 0 spiro atoms. The van der Waals surface area contributed by atoms with Gasteiger partial charge in [-0.3, -0.25) is 0 Å². The Morgan fingerprint density at radius 3 is 2.87 bits per heavy atom. The van der Waals surface area contributed by atoms with Gasteiger partial charge in [0.2, 0.25) is 0 Å². The van der Waals surface area contributed by atoms with Crippen molar-refractivity contribution in [3.8, 4) is 0 Å². The molecule has 4 heteroatoms. The highest BCUT2D eigenvalue weighted by molar-refractivity contribution is 7.97. The average Bonchev–Trinajstić information content (AvgIpc) is 2.40. The van der Waals surface area contributed by atoms with Gasteiger partial charge in [0.15, 0.2) is 0 Å². The molecule has 0 aliphatic carbocycles. The first kappa shape index (κ1) is 11.0. The molecule has 0 unspecified atom stereocenters. The van der Waals surface area contributed by atoms with Crippen molar-refractivity contribution < 1.29 is 4.79 Å². The molecule has 2 nitrogen and oxygen atoms in total. The number of rotatable bonds is 2. The Morgan fingerprint density at radius 2 is 2.27 bits per heavy atom. The van der Waals surface area contributed by atoms with Gasteiger partial charge in [-0.1, -0.05) is 17.7 Å². The smallest absolute Gasteiger partial charge is 0.134 e. The lowest BCUT2D eigenvalue weighted by Gasteiger charge is -2.29. The molecule has 1 aliphatic heterocycles. The van der Waals surface area contributed by atoms with E-state index in [2.05, 4.69) is 18.2 Å². The summed E-state index contributed by atoms with van der Waals surface area (Å²) in [5, 5.41) is 0.776. The minimum absolute atomic E-state index is 0.181. The van der Waals surface area contributed by atoms with Crippen LogP contribution in [0.5, 0.6) is 0 Å². The van der Waals surface area contributed by atoms with E-state index in [-0.39, 0.29) is 5.54 Å². The third-order valence-electron chi connectivity index (χ3n) is 2.66. The summed E-state index contributed by atoms with van der Waals surface area (Å²) in [6.07, 6.45) is 0.925. The number of halogens is 1. The monoisotopic (exact) mass is 241 g/mol. The molecule has 0 saturated carbocycles. The van der Waals surface area contributed by atoms with Gasteiger partial charge in [0.05, 0.1) is 12.1 Å². The van der Waals surface area contributed by atoms with Gasteiger partial charge < -0.3 is 4.79 Å². The molecule has 2 rings (SSSR count). The van der Waals surface area contributed by atoms with E-state index < -0.39 is 0 Å². The maximum absolute atomic E-state index is 10.6. The van der Waals surface area contributed by atoms with Crippen molar-refractivity contribution in [3.63, 3.8) is 0 Å². The van der Waals surface area contributed by atoms with Crippen LogP contribution >= 0.6 is 23.5 Å². The van der Waals surface area contributed by atoms with Crippen molar-refractivity contribution in [3.05, 3.63) is 28.8 Å². The normalized spacial score (nSPS) is 18.9. The second-order valence-corrected chi connectivity index (χ2v) is 5.46. The molecule has 0 amide bonds. The molecule has 1 aromatic rings. The minimum atomic E-state index is -0.181. The molecule has 0 bridgehead atoms. The van der Waals surface area contributed by atoms with Crippen LogP contribution in [0.4, 0.5) is 0 Å². The average molecular weight is 242 g/mol. The number of aldehydes is 1. The van der Waals surface area contributed by atoms with Crippen LogP contribution in [0.3, 0.4) is 0 Å². The summed E-state index contributed by atoms with van der Waals surface area (Å²) < 4.78 is 2.05. The predicted octanol–water partition coefficient (Wildman–Crippen LogP) is 3.10. The Labute approximate surface area is 98.7 Å². The molecular weight excluding hydrogens is 230 g/mol. The number of fused-ring (bicyclic) bond motifs is 1. The highest BCUT2D eigenvalue weighted by Crippen LogP contribution is 2.50. The first-order chi connectivity index (χ1) is 7.07. The highest BCUT2D eigenvalue weighted by atomic mass is 35.5. The van der Waals surface area contributed by atoms with Gasteiger partial charge in [-0.25, -0.2) is 4.31 Å². The molecule has 1 heterocycles. The van der Waals surface area contributed by atoms with Crippen molar-refractivity contribution in [2.45, 2.75) is 24.3 Å². The maximum atomic E-state index is 10.6. The van der Waals surface area contributed by atoms with Crippen molar-refractivity contribution in [2.24, 2.45) is 0 Å². The molecule has 0 N–H and O–H groups in total. The molecule has 1 aliphatic rings. The molecule has 0 fully saturated rings. The lowest BCUT2D eigenvalue weighted by molar-refractivity contribution is -0.108. The fraction of sp³-hybridized carbons (Fsp3) is 0.364. The second kappa shape index (κ2) is 3.81. The molecule has 15 heavy (non-hydrogen) atoms. The number of benzene rings is 1. The fourth-order valence-corrected chi connectivity index (χ4v) is 3.61. The third-order valence-corrected chi connectivity index (χ3v) is 4.34. The SMILES string of the molecule is CC1(C)c2c(Cl)cccc2SN1CC=O. The largest absolute Gasteiger partial charge is 0.302 e. The van der Waals surface area contributed by atoms with Gasteiger partial charge in [0.1, 0.15) is 6.29 Å². The van der Waals surface area contributed by atoms with E-state index in [9.17, 15) is 4.79 Å². The van der Waals surface area contributed by atoms with Gasteiger partial charge in [-0.05, 0) is 37.9 Å². The lowest BCUT2D eigenvalue weighted by Crippen LogP contribution is -2.33. The summed E-state index contributed by atoms with van der Waals surface area (Å²) in [6, 6.07) is 5.88. The predicted molar refractivity (Wildman–Crippen MR) is 63.1 cm³/mol. The van der Waals surface area contributed by atoms with Crippen LogP contribution in [-0.4, -0.2) is 17.1 Å². The molecule has 0 saturated heterocycles. The second-order valence-electron chi connectivity index (χ2n) is 3.99. The highest BCUT2D eigenvalue weighted by Gasteiger charge is 2.39. The van der Waals surface area contributed by atoms with Crippen LogP contribution in [-0.2, 0) is 10.3 Å². The molecule has 0 atom stereocenters. The van der Waals surface area contributed by atoms with Gasteiger partial charge in [0.25, 0.3) is 0 Å². The number of carbonyl (C=O) groups excluding carboxylic acids is 1. The van der Waals surface area contributed by atoms with Crippen molar-refractivity contribution in [1.82, 2.24) is 4.31 Å². The van der Waals surface area contributed by atoms with Gasteiger partial charge >= 0.3 is 0 Å². The zero-order valence-corrected chi connectivity index (χ0v) is 10.2. The summed E-state index contributed by atoms with van der Waals surface area (Å²) in [5.74, 6) is 0. The topological polar surface area (TPSA) is 20.3 Å².